The van der Waals surface area contributed by atoms with Crippen LogP contribution in [0.25, 0.3) is 0 Å². The molecule has 4 saturated carbocycles. The summed E-state index contributed by atoms with van der Waals surface area (Å²) in [7, 11) is 0. The second kappa shape index (κ2) is 9.11. The van der Waals surface area contributed by atoms with Crippen LogP contribution in [0, 0.1) is 48.3 Å². The van der Waals surface area contributed by atoms with Crippen molar-refractivity contribution in [2.24, 2.45) is 34.5 Å². The summed E-state index contributed by atoms with van der Waals surface area (Å²) in [5, 5.41) is 30.6. The Balaban J connectivity index is 0.000000291. The van der Waals surface area contributed by atoms with E-state index in [1.165, 1.54) is 0 Å². The molecule has 34 heavy (non-hydrogen) atoms. The van der Waals surface area contributed by atoms with Crippen molar-refractivity contribution in [3.63, 3.8) is 0 Å². The number of Topliss-reactive ketones (excluding diaryl/α,β-unsaturated/α-hetero) is 2. The smallest absolute Gasteiger partial charge is 0.190 e. The second-order valence-corrected chi connectivity index (χ2v) is 11.9. The lowest BCUT2D eigenvalue weighted by molar-refractivity contribution is -0.180. The average molecular weight is 472 g/mol. The number of carbonyl (C=O) groups excluding carboxylic acids is 2. The topological polar surface area (TPSA) is 108 Å². The number of ketones is 2. The van der Waals surface area contributed by atoms with Gasteiger partial charge in [-0.1, -0.05) is 19.9 Å². The molecule has 0 amide bonds. The van der Waals surface area contributed by atoms with Crippen molar-refractivity contribution in [1.29, 1.82) is 0 Å². The molecular formula is C28H41NO5. The third-order valence-electron chi connectivity index (χ3n) is 10.1. The molecular weight excluding hydrogens is 430 g/mol. The van der Waals surface area contributed by atoms with E-state index in [9.17, 15) is 24.9 Å². The highest BCUT2D eigenvalue weighted by Gasteiger charge is 2.68. The molecule has 0 spiro atoms. The molecule has 4 aliphatic rings. The van der Waals surface area contributed by atoms with Crippen molar-refractivity contribution < 1.29 is 24.9 Å². The van der Waals surface area contributed by atoms with Gasteiger partial charge in [-0.2, -0.15) is 0 Å². The Labute approximate surface area is 203 Å². The lowest BCUT2D eigenvalue weighted by Gasteiger charge is -2.60. The molecule has 4 fully saturated rings. The van der Waals surface area contributed by atoms with Crippen LogP contribution in [0.1, 0.15) is 76.6 Å². The van der Waals surface area contributed by atoms with Crippen molar-refractivity contribution in [2.45, 2.75) is 90.8 Å². The highest BCUT2D eigenvalue weighted by molar-refractivity contribution is 5.92. The Kier molecular flexibility index (Phi) is 6.82. The molecule has 3 N–H and O–H groups in total. The standard InChI is InChI=1S/C21H32O5.C7H9N/c1-19-7-5-13(23)9-12(19)3-4-14-15-6-8-21(26,17(25)11-22)20(15,2)10-16(24)18(14)19;1-6-4-3-5-7(2)8-6/h12-15,18,22-23,26H,3-11H2,1-2H3;3-5H,1-2H3/t12-,13-,14+,15+,18-,19+,20+,21+;/m1./s1. The van der Waals surface area contributed by atoms with Crippen LogP contribution in [-0.4, -0.2) is 50.2 Å². The first kappa shape index (κ1) is 25.5. The molecule has 0 radical (unpaired) electrons. The number of aliphatic hydroxyl groups excluding tert-OH is 2. The minimum absolute atomic E-state index is 0.0154. The minimum atomic E-state index is -1.58. The third kappa shape index (κ3) is 3.96. The summed E-state index contributed by atoms with van der Waals surface area (Å²) in [6.07, 6.45) is 5.47. The number of pyridine rings is 1. The van der Waals surface area contributed by atoms with Crippen LogP contribution in [0.4, 0.5) is 0 Å². The van der Waals surface area contributed by atoms with Crippen LogP contribution >= 0.6 is 0 Å². The van der Waals surface area contributed by atoms with E-state index >= 15 is 0 Å². The fraction of sp³-hybridized carbons (Fsp3) is 0.750. The lowest BCUT2D eigenvalue weighted by Crippen LogP contribution is -2.62. The van der Waals surface area contributed by atoms with E-state index in [2.05, 4.69) is 11.9 Å². The van der Waals surface area contributed by atoms with E-state index in [0.29, 0.717) is 12.3 Å². The molecule has 6 heteroatoms. The molecule has 1 heterocycles. The fourth-order valence-electron chi connectivity index (χ4n) is 8.32. The maximum atomic E-state index is 13.4. The molecule has 8 atom stereocenters. The fourth-order valence-corrected chi connectivity index (χ4v) is 8.32. The third-order valence-corrected chi connectivity index (χ3v) is 10.1. The molecule has 6 nitrogen and oxygen atoms in total. The van der Waals surface area contributed by atoms with Gasteiger partial charge in [0, 0.05) is 29.1 Å². The van der Waals surface area contributed by atoms with E-state index in [4.69, 9.17) is 0 Å². The van der Waals surface area contributed by atoms with E-state index < -0.39 is 23.4 Å². The first-order valence-electron chi connectivity index (χ1n) is 12.9. The minimum Gasteiger partial charge on any atom is -0.393 e. The summed E-state index contributed by atoms with van der Waals surface area (Å²) in [5.74, 6) is 0.380. The van der Waals surface area contributed by atoms with Crippen molar-refractivity contribution in [3.8, 4) is 0 Å². The molecule has 0 saturated heterocycles. The summed E-state index contributed by atoms with van der Waals surface area (Å²) in [4.78, 5) is 29.9. The Bertz CT molecular complexity index is 931. The number of fused-ring (bicyclic) bond motifs is 5. The highest BCUT2D eigenvalue weighted by atomic mass is 16.3. The SMILES string of the molecule is C[C@]12CC[C@@H](O)C[C@H]1CC[C@@H]1[C@@H]2C(=O)C[C@@]2(C)[C@H]1CC[C@]2(O)C(=O)CO.Cc1cccc(C)n1. The summed E-state index contributed by atoms with van der Waals surface area (Å²) >= 11 is 0. The molecule has 0 unspecified atom stereocenters. The molecule has 0 aliphatic heterocycles. The maximum absolute atomic E-state index is 13.4. The van der Waals surface area contributed by atoms with Gasteiger partial charge in [0.15, 0.2) is 5.78 Å². The van der Waals surface area contributed by atoms with Crippen LogP contribution in [-0.2, 0) is 9.59 Å². The predicted molar refractivity (Wildman–Crippen MR) is 129 cm³/mol. The summed E-state index contributed by atoms with van der Waals surface area (Å²) in [6.45, 7) is 7.45. The number of aromatic nitrogens is 1. The second-order valence-electron chi connectivity index (χ2n) is 11.9. The van der Waals surface area contributed by atoms with Crippen LogP contribution in [0.5, 0.6) is 0 Å². The Hall–Kier alpha value is -1.63. The molecule has 188 valence electrons. The number of carbonyl (C=O) groups is 2. The van der Waals surface area contributed by atoms with Crippen LogP contribution in [0.2, 0.25) is 0 Å². The maximum Gasteiger partial charge on any atom is 0.190 e. The van der Waals surface area contributed by atoms with Gasteiger partial charge < -0.3 is 15.3 Å². The number of aryl methyl sites for hydroxylation is 2. The Morgan fingerprint density at radius 3 is 2.35 bits per heavy atom. The van der Waals surface area contributed by atoms with Gasteiger partial charge in [0.25, 0.3) is 0 Å². The molecule has 4 aliphatic carbocycles. The normalized spacial score (nSPS) is 43.1. The first-order chi connectivity index (χ1) is 16.0. The van der Waals surface area contributed by atoms with Gasteiger partial charge in [-0.15, -0.1) is 0 Å². The number of aliphatic hydroxyl groups is 3. The van der Waals surface area contributed by atoms with E-state index in [1.54, 1.807) is 0 Å². The average Bonchev–Trinajstić information content (AvgIpc) is 3.05. The largest absolute Gasteiger partial charge is 0.393 e. The van der Waals surface area contributed by atoms with Gasteiger partial charge in [0.2, 0.25) is 0 Å². The Morgan fingerprint density at radius 2 is 1.76 bits per heavy atom. The monoisotopic (exact) mass is 471 g/mol. The van der Waals surface area contributed by atoms with Gasteiger partial charge in [-0.05, 0) is 94.1 Å². The summed E-state index contributed by atoms with van der Waals surface area (Å²) in [5.41, 5.74) is -0.229. The molecule has 0 bridgehead atoms. The van der Waals surface area contributed by atoms with Gasteiger partial charge in [-0.25, -0.2) is 0 Å². The van der Waals surface area contributed by atoms with Gasteiger partial charge in [-0.3, -0.25) is 14.6 Å². The summed E-state index contributed by atoms with van der Waals surface area (Å²) < 4.78 is 0. The van der Waals surface area contributed by atoms with Gasteiger partial charge in [0.1, 0.15) is 18.0 Å². The highest BCUT2D eigenvalue weighted by Crippen LogP contribution is 2.67. The van der Waals surface area contributed by atoms with Crippen LogP contribution in [0.15, 0.2) is 18.2 Å². The van der Waals surface area contributed by atoms with Gasteiger partial charge >= 0.3 is 0 Å². The number of nitrogens with zero attached hydrogens (tertiary/aromatic N) is 1. The molecule has 1 aromatic rings. The zero-order chi connectivity index (χ0) is 24.9. The van der Waals surface area contributed by atoms with Gasteiger partial charge in [0.05, 0.1) is 6.10 Å². The van der Waals surface area contributed by atoms with E-state index in [0.717, 1.165) is 49.9 Å². The van der Waals surface area contributed by atoms with E-state index in [1.807, 2.05) is 39.0 Å². The number of rotatable bonds is 2. The van der Waals surface area contributed by atoms with Crippen molar-refractivity contribution in [1.82, 2.24) is 4.98 Å². The molecule has 0 aromatic carbocycles. The van der Waals surface area contributed by atoms with Crippen LogP contribution in [0.3, 0.4) is 0 Å². The lowest BCUT2D eigenvalue weighted by atomic mass is 9.44. The zero-order valence-electron chi connectivity index (χ0n) is 21.1. The Morgan fingerprint density at radius 1 is 1.09 bits per heavy atom. The zero-order valence-corrected chi connectivity index (χ0v) is 21.1. The molecule has 1 aromatic heterocycles. The first-order valence-corrected chi connectivity index (χ1v) is 12.9. The predicted octanol–water partition coefficient (Wildman–Crippen LogP) is 3.56. The molecule has 5 rings (SSSR count). The van der Waals surface area contributed by atoms with Crippen molar-refractivity contribution in [3.05, 3.63) is 29.6 Å². The van der Waals surface area contributed by atoms with Crippen molar-refractivity contribution in [2.75, 3.05) is 6.61 Å². The number of hydrogen-bond acceptors (Lipinski definition) is 6. The van der Waals surface area contributed by atoms with E-state index in [-0.39, 0.29) is 41.5 Å². The van der Waals surface area contributed by atoms with Crippen molar-refractivity contribution >= 4 is 11.6 Å². The van der Waals surface area contributed by atoms with Crippen LogP contribution < -0.4 is 0 Å². The quantitative estimate of drug-likeness (QED) is 0.609. The summed E-state index contributed by atoms with van der Waals surface area (Å²) in [6, 6.07) is 6.00. The number of hydrogen-bond donors (Lipinski definition) is 3.